The maximum atomic E-state index is 12.7. The van der Waals surface area contributed by atoms with Crippen molar-refractivity contribution >= 4 is 22.1 Å². The highest BCUT2D eigenvalue weighted by molar-refractivity contribution is 5.86. The normalized spacial score (nSPS) is 12.3. The van der Waals surface area contributed by atoms with Gasteiger partial charge in [0.25, 0.3) is 0 Å². The number of alkyl halides is 3. The molecule has 4 aromatic rings. The largest absolute Gasteiger partial charge is 0.433 e. The number of rotatable bonds is 1. The summed E-state index contributed by atoms with van der Waals surface area (Å²) >= 11 is 0. The first-order valence-electron chi connectivity index (χ1n) is 6.51. The molecule has 0 aliphatic heterocycles. The molecule has 4 aromatic heterocycles. The van der Waals surface area contributed by atoms with Crippen LogP contribution < -0.4 is 0 Å². The Morgan fingerprint density at radius 2 is 1.77 bits per heavy atom. The van der Waals surface area contributed by atoms with Crippen molar-refractivity contribution in [2.75, 3.05) is 0 Å². The fourth-order valence-electron chi connectivity index (χ4n) is 2.41. The van der Waals surface area contributed by atoms with E-state index in [1.807, 2.05) is 12.1 Å². The molecule has 7 heteroatoms. The second-order valence-corrected chi connectivity index (χ2v) is 4.95. The molecule has 4 nitrogen and oxygen atoms in total. The van der Waals surface area contributed by atoms with Gasteiger partial charge in [0.2, 0.25) is 0 Å². The molecule has 0 bridgehead atoms. The van der Waals surface area contributed by atoms with Gasteiger partial charge >= 0.3 is 6.18 Å². The number of nitrogens with zero attached hydrogens (tertiary/aromatic N) is 2. The summed E-state index contributed by atoms with van der Waals surface area (Å²) < 4.78 is 38.1. The third-order valence-electron chi connectivity index (χ3n) is 3.48. The lowest BCUT2D eigenvalue weighted by Crippen LogP contribution is -2.07. The molecule has 0 radical (unpaired) electrons. The molecule has 0 aliphatic carbocycles. The quantitative estimate of drug-likeness (QED) is 0.555. The minimum Gasteiger partial charge on any atom is -0.346 e. The van der Waals surface area contributed by atoms with Gasteiger partial charge in [0.05, 0.1) is 0 Å². The number of aromatic amines is 2. The van der Waals surface area contributed by atoms with Gasteiger partial charge in [-0.05, 0) is 30.3 Å². The highest BCUT2D eigenvalue weighted by Crippen LogP contribution is 2.30. The predicted molar refractivity (Wildman–Crippen MR) is 76.2 cm³/mol. The van der Waals surface area contributed by atoms with E-state index < -0.39 is 11.9 Å². The van der Waals surface area contributed by atoms with Crippen LogP contribution in [0.5, 0.6) is 0 Å². The lowest BCUT2D eigenvalue weighted by atomic mass is 10.2. The van der Waals surface area contributed by atoms with Crippen molar-refractivity contribution in [3.8, 4) is 11.3 Å². The third-order valence-corrected chi connectivity index (χ3v) is 3.48. The van der Waals surface area contributed by atoms with Crippen LogP contribution in [0.2, 0.25) is 0 Å². The summed E-state index contributed by atoms with van der Waals surface area (Å²) in [7, 11) is 0. The number of hydrogen-bond acceptors (Lipinski definition) is 2. The van der Waals surface area contributed by atoms with Gasteiger partial charge in [-0.15, -0.1) is 0 Å². The van der Waals surface area contributed by atoms with Gasteiger partial charge in [0, 0.05) is 34.4 Å². The third kappa shape index (κ3) is 2.02. The zero-order valence-electron chi connectivity index (χ0n) is 11.1. The number of fused-ring (bicyclic) bond motifs is 2. The minimum atomic E-state index is -4.45. The predicted octanol–water partition coefficient (Wildman–Crippen LogP) is 4.13. The molecule has 0 saturated heterocycles. The number of aromatic nitrogens is 4. The lowest BCUT2D eigenvalue weighted by molar-refractivity contribution is -0.141. The Morgan fingerprint density at radius 1 is 0.955 bits per heavy atom. The number of nitrogens with one attached hydrogen (secondary N) is 2. The maximum Gasteiger partial charge on any atom is 0.433 e. The second kappa shape index (κ2) is 4.33. The van der Waals surface area contributed by atoms with E-state index in [2.05, 4.69) is 19.9 Å². The molecule has 0 atom stereocenters. The monoisotopic (exact) mass is 302 g/mol. The molecule has 2 N–H and O–H groups in total. The molecule has 0 saturated carbocycles. The summed E-state index contributed by atoms with van der Waals surface area (Å²) in [5, 5.41) is 1.55. The smallest absolute Gasteiger partial charge is 0.346 e. The first-order chi connectivity index (χ1) is 10.5. The van der Waals surface area contributed by atoms with E-state index in [9.17, 15) is 13.2 Å². The van der Waals surface area contributed by atoms with E-state index in [1.54, 1.807) is 18.5 Å². The summed E-state index contributed by atoms with van der Waals surface area (Å²) in [5.74, 6) is 0. The minimum absolute atomic E-state index is 0.207. The Bertz CT molecular complexity index is 981. The van der Waals surface area contributed by atoms with Crippen LogP contribution in [0.15, 0.2) is 42.7 Å². The van der Waals surface area contributed by atoms with Crippen LogP contribution in [0, 0.1) is 0 Å². The zero-order chi connectivity index (χ0) is 15.3. The van der Waals surface area contributed by atoms with Gasteiger partial charge in [-0.3, -0.25) is 0 Å². The lowest BCUT2D eigenvalue weighted by Gasteiger charge is -2.04. The summed E-state index contributed by atoms with van der Waals surface area (Å²) in [6.45, 7) is 0. The van der Waals surface area contributed by atoms with Crippen molar-refractivity contribution in [2.24, 2.45) is 0 Å². The Hall–Kier alpha value is -2.83. The van der Waals surface area contributed by atoms with Crippen molar-refractivity contribution in [1.82, 2.24) is 19.9 Å². The molecule has 0 amide bonds. The molecular formula is C15H9F3N4. The standard InChI is InChI=1S/C15H9F3N4/c16-15(17,18)12-2-1-8-6-11(21-14(8)22-12)10-5-9-3-4-19-13(9)20-7-10/h1-7H,(H,19,20)(H,21,22). The topological polar surface area (TPSA) is 57.4 Å². The Balaban J connectivity index is 1.84. The number of hydrogen-bond donors (Lipinski definition) is 2. The van der Waals surface area contributed by atoms with Crippen molar-refractivity contribution in [2.45, 2.75) is 6.18 Å². The van der Waals surface area contributed by atoms with E-state index in [0.717, 1.165) is 22.7 Å². The van der Waals surface area contributed by atoms with Crippen LogP contribution in [0.25, 0.3) is 33.3 Å². The van der Waals surface area contributed by atoms with Crippen molar-refractivity contribution in [3.63, 3.8) is 0 Å². The van der Waals surface area contributed by atoms with Crippen molar-refractivity contribution < 1.29 is 13.2 Å². The summed E-state index contributed by atoms with van der Waals surface area (Å²) in [6, 6.07) is 7.95. The van der Waals surface area contributed by atoms with Crippen LogP contribution in [0.3, 0.4) is 0 Å². The fraction of sp³-hybridized carbons (Fsp3) is 0.0667. The first kappa shape index (κ1) is 12.9. The molecule has 4 heterocycles. The van der Waals surface area contributed by atoms with Crippen LogP contribution >= 0.6 is 0 Å². The Labute approximate surface area is 122 Å². The Kier molecular flexibility index (Phi) is 2.53. The van der Waals surface area contributed by atoms with Gasteiger partial charge < -0.3 is 9.97 Å². The van der Waals surface area contributed by atoms with E-state index >= 15 is 0 Å². The molecule has 22 heavy (non-hydrogen) atoms. The first-order valence-corrected chi connectivity index (χ1v) is 6.51. The summed E-state index contributed by atoms with van der Waals surface area (Å²) in [5.41, 5.74) is 1.53. The zero-order valence-corrected chi connectivity index (χ0v) is 11.1. The number of pyridine rings is 2. The van der Waals surface area contributed by atoms with E-state index in [0.29, 0.717) is 11.1 Å². The molecule has 0 unspecified atom stereocenters. The van der Waals surface area contributed by atoms with E-state index in [1.165, 1.54) is 6.07 Å². The molecule has 0 aliphatic rings. The SMILES string of the molecule is FC(F)(F)c1ccc2cc(-c3cnc4[nH]ccc4c3)[nH]c2n1. The fourth-order valence-corrected chi connectivity index (χ4v) is 2.41. The van der Waals surface area contributed by atoms with E-state index in [-0.39, 0.29) is 5.65 Å². The molecule has 0 spiro atoms. The second-order valence-electron chi connectivity index (χ2n) is 4.95. The van der Waals surface area contributed by atoms with Crippen LogP contribution in [0.1, 0.15) is 5.69 Å². The number of halogens is 3. The van der Waals surface area contributed by atoms with Crippen molar-refractivity contribution in [3.05, 3.63) is 48.4 Å². The van der Waals surface area contributed by atoms with Gasteiger partial charge in [0.15, 0.2) is 0 Å². The summed E-state index contributed by atoms with van der Waals surface area (Å²) in [4.78, 5) is 13.8. The molecule has 0 fully saturated rings. The van der Waals surface area contributed by atoms with E-state index in [4.69, 9.17) is 0 Å². The Morgan fingerprint density at radius 3 is 2.59 bits per heavy atom. The van der Waals surface area contributed by atoms with Gasteiger partial charge in [0.1, 0.15) is 17.0 Å². The molecule has 4 rings (SSSR count). The van der Waals surface area contributed by atoms with Crippen molar-refractivity contribution in [1.29, 1.82) is 0 Å². The maximum absolute atomic E-state index is 12.7. The average Bonchev–Trinajstić information content (AvgIpc) is 3.10. The number of H-pyrrole nitrogens is 2. The molecule has 110 valence electrons. The van der Waals surface area contributed by atoms with Crippen LogP contribution in [0.4, 0.5) is 13.2 Å². The van der Waals surface area contributed by atoms with Gasteiger partial charge in [-0.25, -0.2) is 9.97 Å². The molecular weight excluding hydrogens is 293 g/mol. The highest BCUT2D eigenvalue weighted by Gasteiger charge is 2.32. The van der Waals surface area contributed by atoms with Crippen LogP contribution in [-0.2, 0) is 6.18 Å². The van der Waals surface area contributed by atoms with Gasteiger partial charge in [-0.2, -0.15) is 13.2 Å². The van der Waals surface area contributed by atoms with Crippen LogP contribution in [-0.4, -0.2) is 19.9 Å². The highest BCUT2D eigenvalue weighted by atomic mass is 19.4. The van der Waals surface area contributed by atoms with Gasteiger partial charge in [-0.1, -0.05) is 0 Å². The summed E-state index contributed by atoms with van der Waals surface area (Å²) in [6.07, 6.45) is -1.01. The average molecular weight is 302 g/mol. The molecule has 0 aromatic carbocycles.